The second-order valence-electron chi connectivity index (χ2n) is 8.49. The quantitative estimate of drug-likeness (QED) is 0.376. The van der Waals surface area contributed by atoms with Crippen molar-refractivity contribution in [3.05, 3.63) is 79.0 Å². The van der Waals surface area contributed by atoms with Crippen molar-refractivity contribution < 1.29 is 0 Å². The summed E-state index contributed by atoms with van der Waals surface area (Å²) < 4.78 is 1.93. The number of hydrogen-bond donors (Lipinski definition) is 2. The van der Waals surface area contributed by atoms with Gasteiger partial charge in [0.15, 0.2) is 0 Å². The first-order valence-corrected chi connectivity index (χ1v) is 11.5. The van der Waals surface area contributed by atoms with Gasteiger partial charge in [0.25, 0.3) is 0 Å². The molecule has 0 aliphatic heterocycles. The maximum absolute atomic E-state index is 5.03. The second kappa shape index (κ2) is 8.73. The van der Waals surface area contributed by atoms with Crippen molar-refractivity contribution in [3.8, 4) is 33.8 Å². The number of fused-ring (bicyclic) bond motifs is 2. The number of nitrogens with one attached hydrogen (secondary N) is 2. The molecule has 8 heteroatoms. The van der Waals surface area contributed by atoms with Crippen LogP contribution in [0.1, 0.15) is 5.69 Å². The number of likely N-dealkylation sites (N-methyl/N-ethyl adjacent to an activating group) is 1. The van der Waals surface area contributed by atoms with E-state index in [2.05, 4.69) is 31.4 Å². The highest BCUT2D eigenvalue weighted by Crippen LogP contribution is 2.36. The molecule has 0 fully saturated rings. The minimum absolute atomic E-state index is 0.809. The maximum atomic E-state index is 5.03. The van der Waals surface area contributed by atoms with E-state index in [1.807, 2.05) is 79.7 Å². The molecule has 0 bridgehead atoms. The van der Waals surface area contributed by atoms with Gasteiger partial charge in [-0.2, -0.15) is 5.10 Å². The highest BCUT2D eigenvalue weighted by Gasteiger charge is 2.19. The van der Waals surface area contributed by atoms with Crippen LogP contribution in [0.4, 0.5) is 0 Å². The van der Waals surface area contributed by atoms with Gasteiger partial charge in [-0.25, -0.2) is 4.98 Å². The number of hydrogen-bond acceptors (Lipinski definition) is 6. The summed E-state index contributed by atoms with van der Waals surface area (Å²) in [5.74, 6) is 0. The van der Waals surface area contributed by atoms with Gasteiger partial charge in [0.1, 0.15) is 0 Å². The number of pyridine rings is 4. The fraction of sp³-hybridized carbons (Fsp3) is 0.148. The predicted octanol–water partition coefficient (Wildman–Crippen LogP) is 4.63. The first-order valence-electron chi connectivity index (χ1n) is 11.5. The predicted molar refractivity (Wildman–Crippen MR) is 138 cm³/mol. The zero-order chi connectivity index (χ0) is 23.8. The number of aromatic amines is 1. The van der Waals surface area contributed by atoms with Crippen molar-refractivity contribution in [1.82, 2.24) is 40.0 Å². The lowest BCUT2D eigenvalue weighted by Gasteiger charge is -2.07. The van der Waals surface area contributed by atoms with Crippen molar-refractivity contribution >= 4 is 22.1 Å². The van der Waals surface area contributed by atoms with Crippen molar-refractivity contribution in [2.75, 3.05) is 13.6 Å². The van der Waals surface area contributed by atoms with E-state index in [1.165, 1.54) is 0 Å². The molecule has 35 heavy (non-hydrogen) atoms. The van der Waals surface area contributed by atoms with Crippen LogP contribution in [0.15, 0.2) is 73.3 Å². The Morgan fingerprint density at radius 2 is 1.86 bits per heavy atom. The van der Waals surface area contributed by atoms with Crippen LogP contribution in [-0.4, -0.2) is 48.3 Å². The van der Waals surface area contributed by atoms with Crippen molar-refractivity contribution in [2.24, 2.45) is 0 Å². The van der Waals surface area contributed by atoms with Gasteiger partial charge in [0.2, 0.25) is 0 Å². The van der Waals surface area contributed by atoms with Gasteiger partial charge in [0, 0.05) is 42.0 Å². The van der Waals surface area contributed by atoms with E-state index in [9.17, 15) is 0 Å². The summed E-state index contributed by atoms with van der Waals surface area (Å²) in [5.41, 5.74) is 9.95. The third-order valence-corrected chi connectivity index (χ3v) is 6.05. The van der Waals surface area contributed by atoms with Crippen molar-refractivity contribution in [2.45, 2.75) is 13.5 Å². The SMILES string of the molecule is CNCCn1cc(-c2cnc3ccc(-c4c(-c5cccc(C)n5)[nH]c5cccnc45)nc3c2)cn1. The van der Waals surface area contributed by atoms with Crippen LogP contribution in [0.2, 0.25) is 0 Å². The Kier molecular flexibility index (Phi) is 5.27. The average molecular weight is 461 g/mol. The lowest BCUT2D eigenvalue weighted by Crippen LogP contribution is -2.14. The molecule has 6 heterocycles. The third-order valence-electron chi connectivity index (χ3n) is 6.05. The Balaban J connectivity index is 1.48. The number of aryl methyl sites for hydroxylation is 1. The molecule has 6 aromatic rings. The van der Waals surface area contributed by atoms with Gasteiger partial charge in [-0.3, -0.25) is 19.6 Å². The molecule has 0 amide bonds. The van der Waals surface area contributed by atoms with E-state index in [-0.39, 0.29) is 0 Å². The van der Waals surface area contributed by atoms with Gasteiger partial charge in [-0.05, 0) is 56.4 Å². The Labute approximate surface area is 202 Å². The Morgan fingerprint density at radius 1 is 0.914 bits per heavy atom. The minimum atomic E-state index is 0.809. The first kappa shape index (κ1) is 21.1. The fourth-order valence-corrected chi connectivity index (χ4v) is 4.31. The van der Waals surface area contributed by atoms with E-state index in [1.54, 1.807) is 6.20 Å². The van der Waals surface area contributed by atoms with Crippen LogP contribution in [0, 0.1) is 6.92 Å². The highest BCUT2D eigenvalue weighted by atomic mass is 15.3. The zero-order valence-electron chi connectivity index (χ0n) is 19.5. The Hall–Kier alpha value is -4.43. The van der Waals surface area contributed by atoms with Crippen molar-refractivity contribution in [1.29, 1.82) is 0 Å². The summed E-state index contributed by atoms with van der Waals surface area (Å²) in [6.45, 7) is 3.66. The molecular weight excluding hydrogens is 436 g/mol. The van der Waals surface area contributed by atoms with Crippen LogP contribution in [-0.2, 0) is 6.54 Å². The van der Waals surface area contributed by atoms with Crippen molar-refractivity contribution in [3.63, 3.8) is 0 Å². The van der Waals surface area contributed by atoms with Gasteiger partial charge < -0.3 is 10.3 Å². The lowest BCUT2D eigenvalue weighted by atomic mass is 10.1. The first-order chi connectivity index (χ1) is 17.2. The second-order valence-corrected chi connectivity index (χ2v) is 8.49. The molecule has 0 aliphatic carbocycles. The fourth-order valence-electron chi connectivity index (χ4n) is 4.31. The molecule has 2 N–H and O–H groups in total. The summed E-state index contributed by atoms with van der Waals surface area (Å²) in [6, 6.07) is 16.0. The number of H-pyrrole nitrogens is 1. The summed E-state index contributed by atoms with van der Waals surface area (Å²) in [5, 5.41) is 7.61. The van der Waals surface area contributed by atoms with Gasteiger partial charge in [-0.1, -0.05) is 6.07 Å². The summed E-state index contributed by atoms with van der Waals surface area (Å²) in [7, 11) is 1.94. The normalized spacial score (nSPS) is 11.5. The van der Waals surface area contributed by atoms with E-state index < -0.39 is 0 Å². The highest BCUT2D eigenvalue weighted by molar-refractivity contribution is 6.01. The van der Waals surface area contributed by atoms with E-state index in [0.29, 0.717) is 0 Å². The average Bonchev–Trinajstić information content (AvgIpc) is 3.52. The van der Waals surface area contributed by atoms with Crippen LogP contribution in [0.3, 0.4) is 0 Å². The summed E-state index contributed by atoms with van der Waals surface area (Å²) in [6.07, 6.45) is 7.58. The van der Waals surface area contributed by atoms with Gasteiger partial charge >= 0.3 is 0 Å². The van der Waals surface area contributed by atoms with E-state index in [4.69, 9.17) is 9.97 Å². The van der Waals surface area contributed by atoms with Gasteiger partial charge in [0.05, 0.1) is 57.5 Å². The monoisotopic (exact) mass is 460 g/mol. The molecule has 0 atom stereocenters. The largest absolute Gasteiger partial charge is 0.351 e. The Morgan fingerprint density at radius 3 is 2.74 bits per heavy atom. The number of rotatable bonds is 6. The molecule has 172 valence electrons. The molecule has 0 saturated carbocycles. The molecular formula is C27H24N8. The van der Waals surface area contributed by atoms with Crippen LogP contribution < -0.4 is 5.32 Å². The lowest BCUT2D eigenvalue weighted by molar-refractivity contribution is 0.585. The van der Waals surface area contributed by atoms with Crippen LogP contribution in [0.25, 0.3) is 55.8 Å². The zero-order valence-corrected chi connectivity index (χ0v) is 19.5. The molecule has 0 saturated heterocycles. The number of aromatic nitrogens is 7. The molecule has 0 spiro atoms. The summed E-state index contributed by atoms with van der Waals surface area (Å²) >= 11 is 0. The maximum Gasteiger partial charge on any atom is 0.0980 e. The van der Waals surface area contributed by atoms with Crippen LogP contribution >= 0.6 is 0 Å². The van der Waals surface area contributed by atoms with E-state index in [0.717, 1.165) is 74.6 Å². The van der Waals surface area contributed by atoms with Gasteiger partial charge in [-0.15, -0.1) is 0 Å². The number of nitrogens with zero attached hydrogens (tertiary/aromatic N) is 6. The van der Waals surface area contributed by atoms with Crippen LogP contribution in [0.5, 0.6) is 0 Å². The molecule has 8 nitrogen and oxygen atoms in total. The standard InChI is InChI=1S/C27H24N8/c1-17-5-3-6-23(32-17)27-25(26-22(34-27)7-4-10-29-26)21-9-8-20-24(33-21)13-18(14-30-20)19-15-31-35(16-19)12-11-28-2/h3-10,13-16,28,34H,11-12H2,1-2H3. The molecule has 6 aromatic heterocycles. The molecule has 0 aliphatic rings. The van der Waals surface area contributed by atoms with E-state index >= 15 is 0 Å². The summed E-state index contributed by atoms with van der Waals surface area (Å²) in [4.78, 5) is 22.6. The molecule has 0 unspecified atom stereocenters. The smallest absolute Gasteiger partial charge is 0.0980 e. The molecule has 0 aromatic carbocycles. The topological polar surface area (TPSA) is 97.2 Å². The minimum Gasteiger partial charge on any atom is -0.351 e. The Bertz CT molecular complexity index is 1660. The molecule has 0 radical (unpaired) electrons. The molecule has 6 rings (SSSR count). The third kappa shape index (κ3) is 3.94.